The SMILES string of the molecule is C=Nc1c(/C(=N\CC2=CCC(C)(c3cc(-n4c5ccccc5c5c6c(ccc54)CCCC6C)ccc3OC)C=C2)C2=CC=C3C=CCCC3C2)sc2ccccc12. The lowest BCUT2D eigenvalue weighted by Crippen LogP contribution is -2.22. The number of aryl methyl sites for hydroxylation is 1. The Hall–Kier alpha value is -5.52. The lowest BCUT2D eigenvalue weighted by molar-refractivity contribution is 0.398. The first-order valence-electron chi connectivity index (χ1n) is 20.7. The third-order valence-corrected chi connectivity index (χ3v) is 14.3. The molecule has 0 saturated carbocycles. The van der Waals surface area contributed by atoms with Crippen LogP contribution in [0.5, 0.6) is 5.75 Å². The molecule has 3 atom stereocenters. The minimum absolute atomic E-state index is 0.253. The summed E-state index contributed by atoms with van der Waals surface area (Å²) in [5, 5.41) is 3.91. The highest BCUT2D eigenvalue weighted by Crippen LogP contribution is 2.46. The van der Waals surface area contributed by atoms with Gasteiger partial charge in [0.05, 0.1) is 41.0 Å². The summed E-state index contributed by atoms with van der Waals surface area (Å²) in [6.07, 6.45) is 24.1. The van der Waals surface area contributed by atoms with Crippen molar-refractivity contribution in [2.45, 2.75) is 70.1 Å². The minimum atomic E-state index is -0.253. The molecule has 4 aliphatic rings. The highest BCUT2D eigenvalue weighted by Gasteiger charge is 2.31. The molecule has 0 spiro atoms. The van der Waals surface area contributed by atoms with E-state index in [2.05, 4.69) is 152 Å². The fraction of sp³-hybridized carbons (Fsp3) is 0.269. The van der Waals surface area contributed by atoms with Gasteiger partial charge in [0, 0.05) is 37.5 Å². The number of rotatable bonds is 8. The number of nitrogens with zero attached hydrogens (tertiary/aromatic N) is 3. The Labute approximate surface area is 340 Å². The molecule has 3 unspecified atom stereocenters. The topological polar surface area (TPSA) is 38.9 Å². The van der Waals surface area contributed by atoms with Gasteiger partial charge in [0.15, 0.2) is 0 Å². The molecule has 2 heterocycles. The van der Waals surface area contributed by atoms with E-state index in [1.54, 1.807) is 24.0 Å². The average Bonchev–Trinajstić information content (AvgIpc) is 3.80. The molecule has 284 valence electrons. The first-order valence-corrected chi connectivity index (χ1v) is 21.5. The fourth-order valence-corrected chi connectivity index (χ4v) is 11.3. The van der Waals surface area contributed by atoms with Crippen molar-refractivity contribution in [3.05, 3.63) is 160 Å². The summed E-state index contributed by atoms with van der Waals surface area (Å²) in [4.78, 5) is 11.2. The second-order valence-corrected chi connectivity index (χ2v) is 17.7. The van der Waals surface area contributed by atoms with E-state index < -0.39 is 0 Å². The summed E-state index contributed by atoms with van der Waals surface area (Å²) in [6.45, 7) is 9.37. The number of aliphatic imine (C=N–C) groups is 2. The second kappa shape index (κ2) is 14.5. The molecule has 2 aromatic heterocycles. The zero-order chi connectivity index (χ0) is 38.7. The predicted molar refractivity (Wildman–Crippen MR) is 243 cm³/mol. The maximum atomic E-state index is 6.09. The third-order valence-electron chi connectivity index (χ3n) is 13.1. The maximum Gasteiger partial charge on any atom is 0.123 e. The zero-order valence-corrected chi connectivity index (χ0v) is 34.0. The summed E-state index contributed by atoms with van der Waals surface area (Å²) in [6, 6.07) is 29.0. The molecule has 4 aliphatic carbocycles. The third kappa shape index (κ3) is 6.10. The van der Waals surface area contributed by atoms with Gasteiger partial charge in [0.1, 0.15) is 5.75 Å². The second-order valence-electron chi connectivity index (χ2n) is 16.6. The van der Waals surface area contributed by atoms with Crippen molar-refractivity contribution < 1.29 is 4.74 Å². The van der Waals surface area contributed by atoms with E-state index in [1.807, 2.05) is 0 Å². The molecule has 57 heavy (non-hydrogen) atoms. The van der Waals surface area contributed by atoms with Crippen LogP contribution in [-0.2, 0) is 11.8 Å². The van der Waals surface area contributed by atoms with E-state index in [1.165, 1.54) is 85.7 Å². The number of thiophene rings is 1. The van der Waals surface area contributed by atoms with Crippen LogP contribution >= 0.6 is 11.3 Å². The Balaban J connectivity index is 1.01. The van der Waals surface area contributed by atoms with Crippen LogP contribution in [0.25, 0.3) is 37.6 Å². The Kier molecular flexibility index (Phi) is 9.09. The number of ether oxygens (including phenoxy) is 1. The lowest BCUT2D eigenvalue weighted by atomic mass is 9.75. The number of hydrogen-bond acceptors (Lipinski definition) is 4. The molecule has 6 aromatic rings. The van der Waals surface area contributed by atoms with Crippen LogP contribution in [0.2, 0.25) is 0 Å². The largest absolute Gasteiger partial charge is 0.496 e. The molecule has 10 rings (SSSR count). The van der Waals surface area contributed by atoms with Gasteiger partial charge in [-0.15, -0.1) is 11.3 Å². The number of benzene rings is 4. The molecule has 4 aromatic carbocycles. The van der Waals surface area contributed by atoms with Crippen LogP contribution in [0.3, 0.4) is 0 Å². The van der Waals surface area contributed by atoms with Crippen LogP contribution in [0.15, 0.2) is 148 Å². The summed E-state index contributed by atoms with van der Waals surface area (Å²) in [5.41, 5.74) is 13.7. The molecule has 0 saturated heterocycles. The Bertz CT molecular complexity index is 2800. The number of methoxy groups -OCH3 is 1. The van der Waals surface area contributed by atoms with Gasteiger partial charge in [-0.05, 0) is 128 Å². The smallest absolute Gasteiger partial charge is 0.123 e. The molecule has 0 N–H and O–H groups in total. The van der Waals surface area contributed by atoms with Crippen LogP contribution in [0, 0.1) is 5.92 Å². The van der Waals surface area contributed by atoms with E-state index >= 15 is 0 Å². The highest BCUT2D eigenvalue weighted by atomic mass is 32.1. The maximum absolute atomic E-state index is 6.09. The number of allylic oxidation sites excluding steroid dienone is 8. The van der Waals surface area contributed by atoms with Gasteiger partial charge < -0.3 is 9.30 Å². The summed E-state index contributed by atoms with van der Waals surface area (Å²) in [5.74, 6) is 2.00. The van der Waals surface area contributed by atoms with Crippen molar-refractivity contribution in [3.8, 4) is 11.4 Å². The Morgan fingerprint density at radius 3 is 2.67 bits per heavy atom. The summed E-state index contributed by atoms with van der Waals surface area (Å²) < 4.78 is 9.79. The zero-order valence-electron chi connectivity index (χ0n) is 33.2. The van der Waals surface area contributed by atoms with E-state index in [4.69, 9.17) is 9.73 Å². The van der Waals surface area contributed by atoms with Gasteiger partial charge in [-0.2, -0.15) is 0 Å². The van der Waals surface area contributed by atoms with Crippen molar-refractivity contribution in [2.75, 3.05) is 13.7 Å². The molecule has 5 heteroatoms. The van der Waals surface area contributed by atoms with Crippen LogP contribution < -0.4 is 4.74 Å². The van der Waals surface area contributed by atoms with Crippen LogP contribution in [0.1, 0.15) is 79.9 Å². The van der Waals surface area contributed by atoms with Gasteiger partial charge >= 0.3 is 0 Å². The van der Waals surface area contributed by atoms with Gasteiger partial charge in [-0.1, -0.05) is 98.8 Å². The quantitative estimate of drug-likeness (QED) is 0.142. The van der Waals surface area contributed by atoms with Crippen LogP contribution in [0.4, 0.5) is 5.69 Å². The monoisotopic (exact) mass is 763 g/mol. The standard InChI is InChI=1S/C52H49N3OS/c1-33-12-11-15-36-22-24-44-48(47(33)36)40-16-7-9-18-43(40)55(44)39-23-25-45(56-4)42(31-39)52(2)28-26-34(27-29-52)32-54-49(38-21-20-35-13-5-6-14-37(35)30-38)51-50(53-3)41-17-8-10-19-46(41)57-51/h5,7-10,13,16-28,31,33,37H,3,6,11-12,14-15,29-30,32H2,1-2,4H3/b54-49-. The van der Waals surface area contributed by atoms with E-state index in [9.17, 15) is 0 Å². The van der Waals surface area contributed by atoms with E-state index in [0.717, 1.165) is 46.7 Å². The average molecular weight is 764 g/mol. The fourth-order valence-electron chi connectivity index (χ4n) is 10.1. The van der Waals surface area contributed by atoms with Crippen molar-refractivity contribution in [1.82, 2.24) is 4.57 Å². The number of fused-ring (bicyclic) bond motifs is 7. The molecule has 0 radical (unpaired) electrons. The van der Waals surface area contributed by atoms with E-state index in [-0.39, 0.29) is 5.41 Å². The Morgan fingerprint density at radius 1 is 0.965 bits per heavy atom. The summed E-state index contributed by atoms with van der Waals surface area (Å²) in [7, 11) is 1.79. The van der Waals surface area contributed by atoms with Crippen molar-refractivity contribution in [1.29, 1.82) is 0 Å². The molecule has 0 amide bonds. The van der Waals surface area contributed by atoms with Crippen LogP contribution in [-0.4, -0.2) is 30.7 Å². The number of aromatic nitrogens is 1. The number of para-hydroxylation sites is 1. The van der Waals surface area contributed by atoms with Crippen molar-refractivity contribution in [2.24, 2.45) is 15.9 Å². The summed E-state index contributed by atoms with van der Waals surface area (Å²) >= 11 is 1.78. The van der Waals surface area contributed by atoms with Crippen molar-refractivity contribution in [3.63, 3.8) is 0 Å². The highest BCUT2D eigenvalue weighted by molar-refractivity contribution is 7.21. The molecule has 0 fully saturated rings. The number of hydrogen-bond donors (Lipinski definition) is 0. The van der Waals surface area contributed by atoms with Gasteiger partial charge in [-0.25, -0.2) is 0 Å². The van der Waals surface area contributed by atoms with Crippen molar-refractivity contribution >= 4 is 61.3 Å². The van der Waals surface area contributed by atoms with E-state index in [0.29, 0.717) is 18.4 Å². The molecular formula is C52H49N3OS. The molecule has 0 bridgehead atoms. The predicted octanol–water partition coefficient (Wildman–Crippen LogP) is 13.6. The first kappa shape index (κ1) is 35.9. The molecule has 4 nitrogen and oxygen atoms in total. The lowest BCUT2D eigenvalue weighted by Gasteiger charge is -2.31. The van der Waals surface area contributed by atoms with Gasteiger partial charge in [0.25, 0.3) is 0 Å². The van der Waals surface area contributed by atoms with Gasteiger partial charge in [0.2, 0.25) is 0 Å². The molecule has 0 aliphatic heterocycles. The van der Waals surface area contributed by atoms with Gasteiger partial charge in [-0.3, -0.25) is 9.98 Å². The normalized spacial score (nSPS) is 21.9. The molecular weight excluding hydrogens is 715 g/mol. The minimum Gasteiger partial charge on any atom is -0.496 e. The first-order chi connectivity index (χ1) is 27.9. The Morgan fingerprint density at radius 2 is 1.82 bits per heavy atom.